The highest BCUT2D eigenvalue weighted by molar-refractivity contribution is 5.91. The average molecular weight is 361 g/mol. The Hall–Kier alpha value is -3.09. The minimum absolute atomic E-state index is 0.0585. The minimum Gasteiger partial charge on any atom is -0.493 e. The Bertz CT molecular complexity index is 778. The molecule has 1 N–H and O–H groups in total. The fourth-order valence-electron chi connectivity index (χ4n) is 2.26. The molecule has 0 unspecified atom stereocenters. The number of hydrogen-bond donors (Lipinski definition) is 1. The van der Waals surface area contributed by atoms with Crippen LogP contribution in [0.5, 0.6) is 11.5 Å². The number of ether oxygens (including phenoxy) is 3. The van der Waals surface area contributed by atoms with Crippen molar-refractivity contribution in [2.75, 3.05) is 27.4 Å². The van der Waals surface area contributed by atoms with Crippen LogP contribution in [-0.2, 0) is 16.0 Å². The van der Waals surface area contributed by atoms with Crippen molar-refractivity contribution < 1.29 is 28.2 Å². The van der Waals surface area contributed by atoms with E-state index in [9.17, 15) is 14.0 Å². The maximum Gasteiger partial charge on any atom is 0.338 e. The molecule has 1 amide bonds. The molecule has 0 atom stereocenters. The van der Waals surface area contributed by atoms with Crippen LogP contribution in [-0.4, -0.2) is 39.2 Å². The molecule has 2 aromatic rings. The number of carbonyl (C=O) groups excluding carboxylic acids is 2. The highest BCUT2D eigenvalue weighted by atomic mass is 19.1. The lowest BCUT2D eigenvalue weighted by atomic mass is 10.1. The van der Waals surface area contributed by atoms with Crippen molar-refractivity contribution in [2.45, 2.75) is 6.42 Å². The van der Waals surface area contributed by atoms with Crippen LogP contribution in [0.4, 0.5) is 4.39 Å². The van der Waals surface area contributed by atoms with Crippen molar-refractivity contribution in [3.05, 3.63) is 59.4 Å². The van der Waals surface area contributed by atoms with E-state index in [-0.39, 0.29) is 5.56 Å². The van der Waals surface area contributed by atoms with Gasteiger partial charge in [0.05, 0.1) is 19.8 Å². The summed E-state index contributed by atoms with van der Waals surface area (Å²) < 4.78 is 28.3. The number of carbonyl (C=O) groups is 2. The van der Waals surface area contributed by atoms with E-state index >= 15 is 0 Å². The van der Waals surface area contributed by atoms with Gasteiger partial charge < -0.3 is 19.5 Å². The molecule has 0 fully saturated rings. The zero-order chi connectivity index (χ0) is 18.9. The van der Waals surface area contributed by atoms with Gasteiger partial charge in [-0.05, 0) is 42.3 Å². The third-order valence-electron chi connectivity index (χ3n) is 3.58. The van der Waals surface area contributed by atoms with Crippen LogP contribution in [0.1, 0.15) is 15.9 Å². The molecule has 2 aromatic carbocycles. The first kappa shape index (κ1) is 19.2. The number of rotatable bonds is 8. The van der Waals surface area contributed by atoms with Gasteiger partial charge in [0.25, 0.3) is 5.91 Å². The molecular weight excluding hydrogens is 341 g/mol. The standard InChI is InChI=1S/C19H20FNO5/c1-24-16-7-6-13(10-17(16)25-2)8-9-21-18(22)12-26-19(23)14-4-3-5-15(20)11-14/h3-7,10-11H,8-9,12H2,1-2H3,(H,21,22). The zero-order valence-electron chi connectivity index (χ0n) is 14.6. The van der Waals surface area contributed by atoms with Crippen molar-refractivity contribution in [3.63, 3.8) is 0 Å². The normalized spacial score (nSPS) is 10.1. The van der Waals surface area contributed by atoms with E-state index in [4.69, 9.17) is 14.2 Å². The molecule has 138 valence electrons. The lowest BCUT2D eigenvalue weighted by Crippen LogP contribution is -2.30. The van der Waals surface area contributed by atoms with Gasteiger partial charge in [-0.3, -0.25) is 4.79 Å². The maximum absolute atomic E-state index is 13.1. The lowest BCUT2D eigenvalue weighted by molar-refractivity contribution is -0.124. The van der Waals surface area contributed by atoms with Crippen LogP contribution in [0.15, 0.2) is 42.5 Å². The summed E-state index contributed by atoms with van der Waals surface area (Å²) in [5, 5.41) is 2.65. The predicted octanol–water partition coefficient (Wildman–Crippen LogP) is 2.36. The summed E-state index contributed by atoms with van der Waals surface area (Å²) >= 11 is 0. The molecule has 0 spiro atoms. The second-order valence-corrected chi connectivity index (χ2v) is 5.38. The van der Waals surface area contributed by atoms with Crippen molar-refractivity contribution in [3.8, 4) is 11.5 Å². The summed E-state index contributed by atoms with van der Waals surface area (Å²) in [6.45, 7) is -0.0624. The molecule has 0 saturated heterocycles. The van der Waals surface area contributed by atoms with E-state index in [1.807, 2.05) is 12.1 Å². The highest BCUT2D eigenvalue weighted by Gasteiger charge is 2.11. The van der Waals surface area contributed by atoms with Gasteiger partial charge in [0.1, 0.15) is 5.82 Å². The van der Waals surface area contributed by atoms with Gasteiger partial charge in [0.15, 0.2) is 18.1 Å². The van der Waals surface area contributed by atoms with Gasteiger partial charge >= 0.3 is 5.97 Å². The van der Waals surface area contributed by atoms with Crippen molar-refractivity contribution >= 4 is 11.9 Å². The Kier molecular flexibility index (Phi) is 6.96. The second-order valence-electron chi connectivity index (χ2n) is 5.38. The Balaban J connectivity index is 1.76. The van der Waals surface area contributed by atoms with Gasteiger partial charge in [-0.1, -0.05) is 12.1 Å². The third-order valence-corrected chi connectivity index (χ3v) is 3.58. The Morgan fingerprint density at radius 3 is 2.50 bits per heavy atom. The molecule has 0 aromatic heterocycles. The second kappa shape index (κ2) is 9.41. The molecular formula is C19H20FNO5. The first-order chi connectivity index (χ1) is 12.5. The van der Waals surface area contributed by atoms with Crippen molar-refractivity contribution in [1.82, 2.24) is 5.32 Å². The first-order valence-corrected chi connectivity index (χ1v) is 7.93. The largest absolute Gasteiger partial charge is 0.493 e. The summed E-state index contributed by atoms with van der Waals surface area (Å²) in [5.41, 5.74) is 1.02. The lowest BCUT2D eigenvalue weighted by Gasteiger charge is -2.10. The van der Waals surface area contributed by atoms with Crippen molar-refractivity contribution in [2.24, 2.45) is 0 Å². The van der Waals surface area contributed by atoms with Crippen molar-refractivity contribution in [1.29, 1.82) is 0 Å². The number of benzene rings is 2. The van der Waals surface area contributed by atoms with Crippen LogP contribution >= 0.6 is 0 Å². The smallest absolute Gasteiger partial charge is 0.338 e. The molecule has 2 rings (SSSR count). The Morgan fingerprint density at radius 1 is 1.04 bits per heavy atom. The van der Waals surface area contributed by atoms with E-state index in [1.165, 1.54) is 18.2 Å². The molecule has 0 aliphatic heterocycles. The van der Waals surface area contributed by atoms with Crippen LogP contribution in [0, 0.1) is 5.82 Å². The quantitative estimate of drug-likeness (QED) is 0.731. The van der Waals surface area contributed by atoms with Gasteiger partial charge in [0, 0.05) is 6.54 Å². The fraction of sp³-hybridized carbons (Fsp3) is 0.263. The monoisotopic (exact) mass is 361 g/mol. The summed E-state index contributed by atoms with van der Waals surface area (Å²) in [5.74, 6) is -0.488. The SMILES string of the molecule is COc1ccc(CCNC(=O)COC(=O)c2cccc(F)c2)cc1OC. The summed E-state index contributed by atoms with van der Waals surface area (Å²) in [4.78, 5) is 23.5. The average Bonchev–Trinajstić information content (AvgIpc) is 2.65. The van der Waals surface area contributed by atoms with E-state index in [2.05, 4.69) is 5.32 Å². The molecule has 0 saturated carbocycles. The fourth-order valence-corrected chi connectivity index (χ4v) is 2.26. The van der Waals surface area contributed by atoms with Gasteiger partial charge in [-0.2, -0.15) is 0 Å². The van der Waals surface area contributed by atoms with E-state index in [0.717, 1.165) is 11.6 Å². The van der Waals surface area contributed by atoms with Crippen LogP contribution in [0.2, 0.25) is 0 Å². The maximum atomic E-state index is 13.1. The zero-order valence-corrected chi connectivity index (χ0v) is 14.6. The number of esters is 1. The predicted molar refractivity (Wildman–Crippen MR) is 92.9 cm³/mol. The molecule has 0 heterocycles. The molecule has 0 radical (unpaired) electrons. The Labute approximate surface area is 150 Å². The Morgan fingerprint density at radius 2 is 1.81 bits per heavy atom. The van der Waals surface area contributed by atoms with E-state index in [0.29, 0.717) is 24.5 Å². The van der Waals surface area contributed by atoms with Crippen LogP contribution in [0.3, 0.4) is 0 Å². The van der Waals surface area contributed by atoms with Gasteiger partial charge in [0.2, 0.25) is 0 Å². The number of hydrogen-bond acceptors (Lipinski definition) is 5. The number of nitrogens with one attached hydrogen (secondary N) is 1. The molecule has 7 heteroatoms. The topological polar surface area (TPSA) is 73.9 Å². The van der Waals surface area contributed by atoms with Crippen LogP contribution < -0.4 is 14.8 Å². The van der Waals surface area contributed by atoms with E-state index in [1.54, 1.807) is 20.3 Å². The summed E-state index contributed by atoms with van der Waals surface area (Å²) in [7, 11) is 3.11. The van der Waals surface area contributed by atoms with Gasteiger partial charge in [-0.15, -0.1) is 0 Å². The molecule has 0 aliphatic rings. The molecule has 26 heavy (non-hydrogen) atoms. The molecule has 0 bridgehead atoms. The summed E-state index contributed by atoms with van der Waals surface area (Å²) in [6, 6.07) is 10.6. The number of amides is 1. The number of halogens is 1. The highest BCUT2D eigenvalue weighted by Crippen LogP contribution is 2.27. The third kappa shape index (κ3) is 5.47. The minimum atomic E-state index is -0.750. The number of methoxy groups -OCH3 is 2. The van der Waals surface area contributed by atoms with Crippen LogP contribution in [0.25, 0.3) is 0 Å². The summed E-state index contributed by atoms with van der Waals surface area (Å²) in [6.07, 6.45) is 0.573. The van der Waals surface area contributed by atoms with E-state index < -0.39 is 24.3 Å². The molecule has 6 nitrogen and oxygen atoms in total. The van der Waals surface area contributed by atoms with Gasteiger partial charge in [-0.25, -0.2) is 9.18 Å². The molecule has 0 aliphatic carbocycles. The first-order valence-electron chi connectivity index (χ1n) is 7.93.